The van der Waals surface area contributed by atoms with Crippen LogP contribution in [0.3, 0.4) is 0 Å². The van der Waals surface area contributed by atoms with Crippen LogP contribution >= 0.6 is 0 Å². The van der Waals surface area contributed by atoms with E-state index in [1.165, 1.54) is 0 Å². The smallest absolute Gasteiger partial charge is 0.248 e. The monoisotopic (exact) mass is 219 g/mol. The molecule has 16 heavy (non-hydrogen) atoms. The Kier molecular flexibility index (Phi) is 2.03. The molecule has 0 atom stereocenters. The molecule has 1 saturated carbocycles. The minimum atomic E-state index is -0.355. The molecule has 2 heterocycles. The van der Waals surface area contributed by atoms with Crippen molar-refractivity contribution < 1.29 is 4.52 Å². The van der Waals surface area contributed by atoms with Crippen LogP contribution in [0.15, 0.2) is 23.0 Å². The highest BCUT2D eigenvalue weighted by Crippen LogP contribution is 2.36. The fourth-order valence-corrected chi connectivity index (χ4v) is 1.84. The minimum absolute atomic E-state index is 0.355. The Morgan fingerprint density at radius 1 is 1.50 bits per heavy atom. The van der Waals surface area contributed by atoms with E-state index in [2.05, 4.69) is 15.2 Å². The SMILES string of the molecule is NC1(c2noc(Cn3cccn3)n2)CCC1. The first kappa shape index (κ1) is 9.53. The van der Waals surface area contributed by atoms with Crippen LogP contribution in [-0.4, -0.2) is 19.9 Å². The molecule has 0 bridgehead atoms. The summed E-state index contributed by atoms with van der Waals surface area (Å²) in [6, 6.07) is 1.85. The molecule has 0 aromatic carbocycles. The largest absolute Gasteiger partial charge is 0.337 e. The lowest BCUT2D eigenvalue weighted by Crippen LogP contribution is -2.44. The molecule has 2 N–H and O–H groups in total. The van der Waals surface area contributed by atoms with Crippen LogP contribution in [0.5, 0.6) is 0 Å². The molecule has 0 unspecified atom stereocenters. The fourth-order valence-electron chi connectivity index (χ4n) is 1.84. The van der Waals surface area contributed by atoms with Crippen LogP contribution in [0.25, 0.3) is 0 Å². The highest BCUT2D eigenvalue weighted by Gasteiger charge is 2.38. The summed E-state index contributed by atoms with van der Waals surface area (Å²) in [5.74, 6) is 1.18. The van der Waals surface area contributed by atoms with Crippen molar-refractivity contribution in [2.75, 3.05) is 0 Å². The first-order chi connectivity index (χ1) is 7.76. The molecule has 0 aliphatic heterocycles. The van der Waals surface area contributed by atoms with Crippen molar-refractivity contribution in [1.29, 1.82) is 0 Å². The van der Waals surface area contributed by atoms with E-state index in [-0.39, 0.29) is 5.54 Å². The molecule has 2 aromatic heterocycles. The van der Waals surface area contributed by atoms with Gasteiger partial charge in [0.1, 0.15) is 6.54 Å². The lowest BCUT2D eigenvalue weighted by atomic mass is 9.77. The minimum Gasteiger partial charge on any atom is -0.337 e. The van der Waals surface area contributed by atoms with Crippen molar-refractivity contribution in [2.45, 2.75) is 31.3 Å². The van der Waals surface area contributed by atoms with Gasteiger partial charge in [0, 0.05) is 12.4 Å². The first-order valence-electron chi connectivity index (χ1n) is 5.36. The summed E-state index contributed by atoms with van der Waals surface area (Å²) >= 11 is 0. The third-order valence-corrected chi connectivity index (χ3v) is 3.02. The zero-order valence-electron chi connectivity index (χ0n) is 8.83. The molecule has 0 saturated heterocycles. The second-order valence-electron chi connectivity index (χ2n) is 4.23. The predicted octanol–water partition coefficient (Wildman–Crippen LogP) is 0.652. The summed E-state index contributed by atoms with van der Waals surface area (Å²) in [5, 5.41) is 8.01. The van der Waals surface area contributed by atoms with Gasteiger partial charge in [-0.25, -0.2) is 0 Å². The highest BCUT2D eigenvalue weighted by molar-refractivity contribution is 5.08. The number of rotatable bonds is 3. The van der Waals surface area contributed by atoms with Gasteiger partial charge in [-0.15, -0.1) is 0 Å². The summed E-state index contributed by atoms with van der Waals surface area (Å²) in [6.45, 7) is 0.496. The quantitative estimate of drug-likeness (QED) is 0.819. The molecule has 0 spiro atoms. The van der Waals surface area contributed by atoms with Gasteiger partial charge in [0.2, 0.25) is 5.89 Å². The summed E-state index contributed by atoms with van der Waals surface area (Å²) in [7, 11) is 0. The molecular weight excluding hydrogens is 206 g/mol. The van der Waals surface area contributed by atoms with Crippen LogP contribution in [0.1, 0.15) is 31.0 Å². The van der Waals surface area contributed by atoms with Crippen LogP contribution in [0.4, 0.5) is 0 Å². The Labute approximate surface area is 92.4 Å². The normalized spacial score (nSPS) is 18.3. The maximum absolute atomic E-state index is 6.10. The molecule has 84 valence electrons. The van der Waals surface area contributed by atoms with Gasteiger partial charge in [-0.3, -0.25) is 4.68 Å². The van der Waals surface area contributed by atoms with Gasteiger partial charge >= 0.3 is 0 Å². The van der Waals surface area contributed by atoms with E-state index in [4.69, 9.17) is 10.3 Å². The molecule has 6 nitrogen and oxygen atoms in total. The van der Waals surface area contributed by atoms with E-state index in [9.17, 15) is 0 Å². The van der Waals surface area contributed by atoms with Crippen molar-refractivity contribution in [3.8, 4) is 0 Å². The number of hydrogen-bond acceptors (Lipinski definition) is 5. The Morgan fingerprint density at radius 2 is 2.38 bits per heavy atom. The average molecular weight is 219 g/mol. The van der Waals surface area contributed by atoms with E-state index in [1.807, 2.05) is 12.3 Å². The summed E-state index contributed by atoms with van der Waals surface area (Å²) in [6.07, 6.45) is 6.58. The lowest BCUT2D eigenvalue weighted by Gasteiger charge is -2.34. The zero-order valence-corrected chi connectivity index (χ0v) is 8.83. The van der Waals surface area contributed by atoms with Crippen molar-refractivity contribution in [3.05, 3.63) is 30.2 Å². The van der Waals surface area contributed by atoms with Crippen LogP contribution in [-0.2, 0) is 12.1 Å². The third-order valence-electron chi connectivity index (χ3n) is 3.02. The lowest BCUT2D eigenvalue weighted by molar-refractivity contribution is 0.228. The van der Waals surface area contributed by atoms with E-state index >= 15 is 0 Å². The molecule has 1 aliphatic carbocycles. The van der Waals surface area contributed by atoms with Gasteiger partial charge < -0.3 is 10.3 Å². The summed E-state index contributed by atoms with van der Waals surface area (Å²) < 4.78 is 6.90. The molecule has 2 aromatic rings. The second kappa shape index (κ2) is 3.41. The standard InChI is InChI=1S/C10H13N5O/c11-10(3-1-4-10)9-13-8(16-14-9)7-15-6-2-5-12-15/h2,5-6H,1,3-4,7,11H2. The van der Waals surface area contributed by atoms with Gasteiger partial charge in [-0.05, 0) is 25.3 Å². The number of nitrogens with two attached hydrogens (primary N) is 1. The van der Waals surface area contributed by atoms with Crippen molar-refractivity contribution >= 4 is 0 Å². The Bertz CT molecular complexity index is 471. The number of hydrogen-bond donors (Lipinski definition) is 1. The number of aromatic nitrogens is 4. The Balaban J connectivity index is 1.78. The van der Waals surface area contributed by atoms with Crippen molar-refractivity contribution in [2.24, 2.45) is 5.73 Å². The molecule has 0 radical (unpaired) electrons. The molecule has 6 heteroatoms. The molecule has 3 rings (SSSR count). The fraction of sp³-hybridized carbons (Fsp3) is 0.500. The highest BCUT2D eigenvalue weighted by atomic mass is 16.5. The number of nitrogens with zero attached hydrogens (tertiary/aromatic N) is 4. The maximum atomic E-state index is 6.10. The van der Waals surface area contributed by atoms with Crippen molar-refractivity contribution in [3.63, 3.8) is 0 Å². The molecule has 1 aliphatic rings. The van der Waals surface area contributed by atoms with E-state index < -0.39 is 0 Å². The van der Waals surface area contributed by atoms with Gasteiger partial charge in [0.15, 0.2) is 5.82 Å². The molecular formula is C10H13N5O. The third kappa shape index (κ3) is 1.51. The van der Waals surface area contributed by atoms with E-state index in [0.717, 1.165) is 19.3 Å². The van der Waals surface area contributed by atoms with Gasteiger partial charge in [0.25, 0.3) is 0 Å². The van der Waals surface area contributed by atoms with Crippen LogP contribution < -0.4 is 5.73 Å². The van der Waals surface area contributed by atoms with Gasteiger partial charge in [-0.1, -0.05) is 5.16 Å². The van der Waals surface area contributed by atoms with E-state index in [0.29, 0.717) is 18.3 Å². The van der Waals surface area contributed by atoms with Crippen molar-refractivity contribution in [1.82, 2.24) is 19.9 Å². The Morgan fingerprint density at radius 3 is 3.00 bits per heavy atom. The maximum Gasteiger partial charge on any atom is 0.248 e. The molecule has 0 amide bonds. The Hall–Kier alpha value is -1.69. The van der Waals surface area contributed by atoms with Gasteiger partial charge in [-0.2, -0.15) is 10.1 Å². The van der Waals surface area contributed by atoms with Crippen LogP contribution in [0, 0.1) is 0 Å². The van der Waals surface area contributed by atoms with Gasteiger partial charge in [0.05, 0.1) is 5.54 Å². The average Bonchev–Trinajstić information content (AvgIpc) is 2.86. The topological polar surface area (TPSA) is 82.8 Å². The second-order valence-corrected chi connectivity index (χ2v) is 4.23. The predicted molar refractivity (Wildman–Crippen MR) is 55.3 cm³/mol. The van der Waals surface area contributed by atoms with E-state index in [1.54, 1.807) is 10.9 Å². The summed E-state index contributed by atoms with van der Waals surface area (Å²) in [4.78, 5) is 4.32. The van der Waals surface area contributed by atoms with Crippen LogP contribution in [0.2, 0.25) is 0 Å². The summed E-state index contributed by atoms with van der Waals surface area (Å²) in [5.41, 5.74) is 5.75. The molecule has 1 fully saturated rings. The first-order valence-corrected chi connectivity index (χ1v) is 5.36. The zero-order chi connectivity index (χ0) is 11.0.